The fourth-order valence-corrected chi connectivity index (χ4v) is 14.4. The maximum atomic E-state index is 2.27. The van der Waals surface area contributed by atoms with E-state index in [1.54, 1.807) is 24.5 Å². The molecule has 3 aliphatic rings. The van der Waals surface area contributed by atoms with E-state index in [9.17, 15) is 0 Å². The van der Waals surface area contributed by atoms with Crippen LogP contribution in [0.2, 0.25) is 0 Å². The standard InChI is InChI=1S/C12H16S5/c1-3-13-11-8-6-5-7-9-10(8)17(15-11)16-12(9)14-4-2/h3-7H2,1-2H3. The van der Waals surface area contributed by atoms with E-state index in [-0.39, 0.29) is 0 Å². The average Bonchev–Trinajstić information content (AvgIpc) is 2.85. The van der Waals surface area contributed by atoms with E-state index in [0.29, 0.717) is 8.55 Å². The van der Waals surface area contributed by atoms with E-state index < -0.39 is 0 Å². The van der Waals surface area contributed by atoms with Crippen molar-refractivity contribution in [3.8, 4) is 0 Å². The van der Waals surface area contributed by atoms with E-state index in [2.05, 4.69) is 59.0 Å². The van der Waals surface area contributed by atoms with Gasteiger partial charge in [0.05, 0.1) is 8.47 Å². The normalized spacial score (nSPS) is 24.0. The predicted molar refractivity (Wildman–Crippen MR) is 91.9 cm³/mol. The first kappa shape index (κ1) is 13.1. The minimum Gasteiger partial charge on any atom is -0.118 e. The van der Waals surface area contributed by atoms with Crippen molar-refractivity contribution in [1.29, 1.82) is 0 Å². The molecule has 3 rings (SSSR count). The molecule has 0 aromatic heterocycles. The number of thioether (sulfide) groups is 2. The maximum absolute atomic E-state index is 2.27. The molecule has 0 bridgehead atoms. The van der Waals surface area contributed by atoms with Crippen LogP contribution < -0.4 is 0 Å². The third kappa shape index (κ3) is 2.31. The van der Waals surface area contributed by atoms with E-state index in [1.807, 2.05) is 0 Å². The molecule has 0 nitrogen and oxygen atoms in total. The highest BCUT2D eigenvalue weighted by molar-refractivity contribution is 9.18. The molecule has 0 aromatic carbocycles. The Labute approximate surface area is 122 Å². The van der Waals surface area contributed by atoms with E-state index >= 15 is 0 Å². The van der Waals surface area contributed by atoms with Crippen LogP contribution in [0.15, 0.2) is 19.6 Å². The number of hydrogen-bond donors (Lipinski definition) is 0. The third-order valence-corrected chi connectivity index (χ3v) is 12.4. The van der Waals surface area contributed by atoms with Gasteiger partial charge in [-0.25, -0.2) is 0 Å². The van der Waals surface area contributed by atoms with Gasteiger partial charge in [-0.1, -0.05) is 22.4 Å². The molecule has 17 heavy (non-hydrogen) atoms. The van der Waals surface area contributed by atoms with Gasteiger partial charge in [-0.15, -0.1) is 23.5 Å². The lowest BCUT2D eigenvalue weighted by molar-refractivity contribution is 0.818. The molecule has 2 heterocycles. The summed E-state index contributed by atoms with van der Waals surface area (Å²) in [6, 6.07) is 0. The summed E-state index contributed by atoms with van der Waals surface area (Å²) in [6.07, 6.45) is 4.04. The molecule has 2 aliphatic heterocycles. The Kier molecular flexibility index (Phi) is 4.33. The van der Waals surface area contributed by atoms with Crippen LogP contribution in [0.1, 0.15) is 33.1 Å². The summed E-state index contributed by atoms with van der Waals surface area (Å²) in [7, 11) is 4.73. The third-order valence-electron chi connectivity index (χ3n) is 2.91. The Bertz CT molecular complexity index is 406. The number of allylic oxidation sites excluding steroid dienone is 2. The summed E-state index contributed by atoms with van der Waals surface area (Å²) in [5.41, 5.74) is 3.45. The zero-order valence-electron chi connectivity index (χ0n) is 10.1. The van der Waals surface area contributed by atoms with Crippen molar-refractivity contribution in [1.82, 2.24) is 0 Å². The lowest BCUT2D eigenvalue weighted by Crippen LogP contribution is -2.10. The molecule has 5 heteroatoms. The minimum absolute atomic E-state index is 0.420. The van der Waals surface area contributed by atoms with Crippen molar-refractivity contribution in [3.05, 3.63) is 19.6 Å². The van der Waals surface area contributed by atoms with Crippen molar-refractivity contribution in [2.45, 2.75) is 33.1 Å². The highest BCUT2D eigenvalue weighted by atomic mass is 33.5. The second-order valence-electron chi connectivity index (χ2n) is 3.98. The molecule has 0 aromatic rings. The predicted octanol–water partition coefficient (Wildman–Crippen LogP) is 5.86. The van der Waals surface area contributed by atoms with Gasteiger partial charge in [0.2, 0.25) is 0 Å². The summed E-state index contributed by atoms with van der Waals surface area (Å²) in [5, 5.41) is 0. The van der Waals surface area contributed by atoms with Gasteiger partial charge in [0.1, 0.15) is 0 Å². The van der Waals surface area contributed by atoms with Crippen molar-refractivity contribution in [2.75, 3.05) is 11.5 Å². The summed E-state index contributed by atoms with van der Waals surface area (Å²) >= 11 is 4.13. The topological polar surface area (TPSA) is 0 Å². The van der Waals surface area contributed by atoms with Crippen LogP contribution in [0.3, 0.4) is 0 Å². The van der Waals surface area contributed by atoms with Crippen LogP contribution in [0.25, 0.3) is 0 Å². The molecule has 0 amide bonds. The van der Waals surface area contributed by atoms with Gasteiger partial charge >= 0.3 is 0 Å². The number of rotatable bonds is 4. The second kappa shape index (κ2) is 5.61. The van der Waals surface area contributed by atoms with Gasteiger partial charge in [0, 0.05) is 4.86 Å². The van der Waals surface area contributed by atoms with Gasteiger partial charge in [0.15, 0.2) is 0 Å². The van der Waals surface area contributed by atoms with Gasteiger partial charge in [-0.3, -0.25) is 0 Å². The van der Waals surface area contributed by atoms with E-state index in [1.165, 1.54) is 30.8 Å². The molecule has 0 N–H and O–H groups in total. The maximum Gasteiger partial charge on any atom is 0.0557 e. The molecular weight excluding hydrogens is 304 g/mol. The SMILES string of the molecule is CCSC1=C2CCCC3=C(SCC)SS(=C23)S1. The highest BCUT2D eigenvalue weighted by Gasteiger charge is 2.36. The van der Waals surface area contributed by atoms with E-state index in [4.69, 9.17) is 0 Å². The fraction of sp³-hybridized carbons (Fsp3) is 0.583. The molecule has 0 spiro atoms. The average molecular weight is 321 g/mol. The molecule has 0 unspecified atom stereocenters. The van der Waals surface area contributed by atoms with Crippen molar-refractivity contribution in [3.63, 3.8) is 0 Å². The zero-order chi connectivity index (χ0) is 11.8. The van der Waals surface area contributed by atoms with Crippen LogP contribution in [-0.4, -0.2) is 16.4 Å². The second-order valence-corrected chi connectivity index (χ2v) is 12.7. The minimum atomic E-state index is 0.420. The molecule has 0 atom stereocenters. The largest absolute Gasteiger partial charge is 0.118 e. The summed E-state index contributed by atoms with van der Waals surface area (Å²) in [4.78, 5) is 1.76. The smallest absolute Gasteiger partial charge is 0.0557 e. The van der Waals surface area contributed by atoms with Crippen molar-refractivity contribution in [2.24, 2.45) is 0 Å². The molecule has 94 valence electrons. The summed E-state index contributed by atoms with van der Waals surface area (Å²) in [6.45, 7) is 4.54. The van der Waals surface area contributed by atoms with Crippen molar-refractivity contribution >= 4 is 58.5 Å². The van der Waals surface area contributed by atoms with Gasteiger partial charge in [-0.05, 0) is 63.5 Å². The molecular formula is C12H16S5. The van der Waals surface area contributed by atoms with Crippen LogP contribution in [-0.2, 0) is 0 Å². The van der Waals surface area contributed by atoms with Gasteiger partial charge < -0.3 is 0 Å². The van der Waals surface area contributed by atoms with Crippen LogP contribution >= 0.6 is 53.7 Å². The highest BCUT2D eigenvalue weighted by Crippen LogP contribution is 2.68. The monoisotopic (exact) mass is 320 g/mol. The zero-order valence-corrected chi connectivity index (χ0v) is 14.2. The molecule has 1 saturated carbocycles. The molecule has 0 saturated heterocycles. The summed E-state index contributed by atoms with van der Waals surface area (Å²) in [5.74, 6) is 2.44. The first-order valence-corrected chi connectivity index (χ1v) is 11.9. The Balaban J connectivity index is 1.94. The van der Waals surface area contributed by atoms with Crippen LogP contribution in [0, 0.1) is 0 Å². The lowest BCUT2D eigenvalue weighted by Gasteiger charge is -2.18. The Morgan fingerprint density at radius 2 is 1.53 bits per heavy atom. The van der Waals surface area contributed by atoms with Gasteiger partial charge in [-0.2, -0.15) is 0 Å². The fourth-order valence-electron chi connectivity index (χ4n) is 2.26. The number of hydrogen-bond acceptors (Lipinski definition) is 4. The first-order valence-electron chi connectivity index (χ1n) is 6.05. The van der Waals surface area contributed by atoms with E-state index in [0.717, 1.165) is 0 Å². The molecule has 0 radical (unpaired) electrons. The Hall–Kier alpha value is 1.10. The molecule has 1 aliphatic carbocycles. The van der Waals surface area contributed by atoms with Gasteiger partial charge in [0.25, 0.3) is 0 Å². The van der Waals surface area contributed by atoms with Crippen LogP contribution in [0.5, 0.6) is 0 Å². The Morgan fingerprint density at radius 3 is 2.00 bits per heavy atom. The lowest BCUT2D eigenvalue weighted by atomic mass is 9.92. The first-order chi connectivity index (χ1) is 8.35. The van der Waals surface area contributed by atoms with Crippen LogP contribution in [0.4, 0.5) is 0 Å². The quantitative estimate of drug-likeness (QED) is 0.469. The Morgan fingerprint density at radius 1 is 1.00 bits per heavy atom. The molecule has 1 fully saturated rings. The summed E-state index contributed by atoms with van der Waals surface area (Å²) < 4.78 is 3.30. The van der Waals surface area contributed by atoms with Crippen molar-refractivity contribution < 1.29 is 0 Å².